The van der Waals surface area contributed by atoms with E-state index in [1.807, 2.05) is 7.05 Å². The first kappa shape index (κ1) is 13.2. The first-order valence-electron chi connectivity index (χ1n) is 6.13. The lowest BCUT2D eigenvalue weighted by Crippen LogP contribution is -2.23. The van der Waals surface area contributed by atoms with E-state index in [2.05, 4.69) is 55.8 Å². The van der Waals surface area contributed by atoms with E-state index in [0.29, 0.717) is 6.04 Å². The van der Waals surface area contributed by atoms with Crippen LogP contribution in [0.4, 0.5) is 0 Å². The van der Waals surface area contributed by atoms with Crippen molar-refractivity contribution in [2.24, 2.45) is 0 Å². The van der Waals surface area contributed by atoms with Crippen molar-refractivity contribution in [1.82, 2.24) is 15.1 Å². The summed E-state index contributed by atoms with van der Waals surface area (Å²) in [6.07, 6.45) is 0.993. The summed E-state index contributed by atoms with van der Waals surface area (Å²) in [5.41, 5.74) is 2.69. The lowest BCUT2D eigenvalue weighted by atomic mass is 9.91. The Morgan fingerprint density at radius 1 is 1.44 bits per heavy atom. The molecule has 92 valence electrons. The highest BCUT2D eigenvalue weighted by atomic mass is 15.3. The zero-order valence-electron chi connectivity index (χ0n) is 11.5. The second-order valence-electron chi connectivity index (χ2n) is 5.48. The molecule has 1 N–H and O–H groups in total. The summed E-state index contributed by atoms with van der Waals surface area (Å²) >= 11 is 0. The number of aryl methyl sites for hydroxylation is 1. The van der Waals surface area contributed by atoms with Gasteiger partial charge in [0.25, 0.3) is 0 Å². The molecule has 3 heteroatoms. The number of aromatic nitrogens is 2. The van der Waals surface area contributed by atoms with Crippen LogP contribution in [0.3, 0.4) is 0 Å². The minimum Gasteiger partial charge on any atom is -0.317 e. The molecule has 0 aromatic carbocycles. The van der Waals surface area contributed by atoms with E-state index in [-0.39, 0.29) is 5.41 Å². The van der Waals surface area contributed by atoms with E-state index < -0.39 is 0 Å². The molecule has 16 heavy (non-hydrogen) atoms. The number of hydrogen-bond acceptors (Lipinski definition) is 2. The fraction of sp³-hybridized carbons (Fsp3) is 0.769. The van der Waals surface area contributed by atoms with Crippen molar-refractivity contribution in [2.75, 3.05) is 7.05 Å². The van der Waals surface area contributed by atoms with Crippen LogP contribution in [-0.4, -0.2) is 22.9 Å². The Morgan fingerprint density at radius 2 is 2.06 bits per heavy atom. The molecule has 3 nitrogen and oxygen atoms in total. The standard InChI is InChI=1S/C13H25N3/c1-7-16-12(13(3,4)5)9-11(15-16)8-10(2)14-6/h9-10,14H,7-8H2,1-6H3. The minimum absolute atomic E-state index is 0.171. The third-order valence-electron chi connectivity index (χ3n) is 2.91. The monoisotopic (exact) mass is 223 g/mol. The smallest absolute Gasteiger partial charge is 0.0643 e. The number of likely N-dealkylation sites (N-methyl/N-ethyl adjacent to an activating group) is 1. The molecule has 1 rings (SSSR count). The summed E-state index contributed by atoms with van der Waals surface area (Å²) in [4.78, 5) is 0. The van der Waals surface area contributed by atoms with Crippen LogP contribution in [0.1, 0.15) is 46.0 Å². The Bertz CT molecular complexity index is 333. The number of rotatable bonds is 4. The van der Waals surface area contributed by atoms with E-state index in [4.69, 9.17) is 0 Å². The first-order chi connectivity index (χ1) is 7.38. The van der Waals surface area contributed by atoms with Gasteiger partial charge in [0.05, 0.1) is 5.69 Å². The van der Waals surface area contributed by atoms with Crippen LogP contribution in [0, 0.1) is 0 Å². The van der Waals surface area contributed by atoms with Crippen molar-refractivity contribution in [1.29, 1.82) is 0 Å². The molecule has 1 heterocycles. The Hall–Kier alpha value is -0.830. The van der Waals surface area contributed by atoms with Crippen LogP contribution in [0.2, 0.25) is 0 Å². The summed E-state index contributed by atoms with van der Waals surface area (Å²) in [6.45, 7) is 12.0. The Balaban J connectivity index is 2.94. The average molecular weight is 223 g/mol. The maximum Gasteiger partial charge on any atom is 0.0643 e. The Labute approximate surface area is 99.2 Å². The van der Waals surface area contributed by atoms with E-state index in [0.717, 1.165) is 13.0 Å². The highest BCUT2D eigenvalue weighted by Crippen LogP contribution is 2.23. The highest BCUT2D eigenvalue weighted by Gasteiger charge is 2.20. The van der Waals surface area contributed by atoms with E-state index in [1.54, 1.807) is 0 Å². The van der Waals surface area contributed by atoms with Gasteiger partial charge in [-0.25, -0.2) is 0 Å². The summed E-state index contributed by atoms with van der Waals surface area (Å²) in [5, 5.41) is 7.91. The molecule has 0 aliphatic carbocycles. The molecule has 0 bridgehead atoms. The number of nitrogens with one attached hydrogen (secondary N) is 1. The largest absolute Gasteiger partial charge is 0.317 e. The number of hydrogen-bond donors (Lipinski definition) is 1. The molecule has 0 aliphatic heterocycles. The van der Waals surface area contributed by atoms with Crippen LogP contribution in [-0.2, 0) is 18.4 Å². The van der Waals surface area contributed by atoms with Gasteiger partial charge in [0, 0.05) is 30.1 Å². The maximum atomic E-state index is 4.66. The molecule has 0 fully saturated rings. The predicted octanol–water partition coefficient (Wildman–Crippen LogP) is 2.35. The third kappa shape index (κ3) is 3.08. The lowest BCUT2D eigenvalue weighted by Gasteiger charge is -2.19. The van der Waals surface area contributed by atoms with Crippen LogP contribution >= 0.6 is 0 Å². The zero-order valence-corrected chi connectivity index (χ0v) is 11.5. The van der Waals surface area contributed by atoms with Crippen molar-refractivity contribution in [2.45, 2.75) is 59.0 Å². The summed E-state index contributed by atoms with van der Waals surface area (Å²) in [7, 11) is 1.99. The minimum atomic E-state index is 0.171. The lowest BCUT2D eigenvalue weighted by molar-refractivity contribution is 0.495. The summed E-state index contributed by atoms with van der Waals surface area (Å²) in [6, 6.07) is 2.73. The van der Waals surface area contributed by atoms with E-state index in [1.165, 1.54) is 11.4 Å². The second-order valence-corrected chi connectivity index (χ2v) is 5.48. The first-order valence-corrected chi connectivity index (χ1v) is 6.13. The van der Waals surface area contributed by atoms with Crippen molar-refractivity contribution < 1.29 is 0 Å². The van der Waals surface area contributed by atoms with Gasteiger partial charge in [-0.15, -0.1) is 0 Å². The third-order valence-corrected chi connectivity index (χ3v) is 2.91. The van der Waals surface area contributed by atoms with E-state index >= 15 is 0 Å². The fourth-order valence-corrected chi connectivity index (χ4v) is 1.83. The van der Waals surface area contributed by atoms with Gasteiger partial charge in [-0.1, -0.05) is 20.8 Å². The Morgan fingerprint density at radius 3 is 2.44 bits per heavy atom. The highest BCUT2D eigenvalue weighted by molar-refractivity contribution is 5.18. The number of nitrogens with zero attached hydrogens (tertiary/aromatic N) is 2. The average Bonchev–Trinajstić information content (AvgIpc) is 2.60. The normalized spacial score (nSPS) is 14.1. The van der Waals surface area contributed by atoms with Gasteiger partial charge in [0.15, 0.2) is 0 Å². The summed E-state index contributed by atoms with van der Waals surface area (Å²) in [5.74, 6) is 0. The molecule has 0 spiro atoms. The van der Waals surface area contributed by atoms with Gasteiger partial charge in [-0.2, -0.15) is 5.10 Å². The fourth-order valence-electron chi connectivity index (χ4n) is 1.83. The maximum absolute atomic E-state index is 4.66. The van der Waals surface area contributed by atoms with Gasteiger partial charge in [0.2, 0.25) is 0 Å². The van der Waals surface area contributed by atoms with Crippen molar-refractivity contribution >= 4 is 0 Å². The molecular weight excluding hydrogens is 198 g/mol. The topological polar surface area (TPSA) is 29.9 Å². The Kier molecular flexibility index (Phi) is 4.14. The molecule has 1 aromatic heterocycles. The molecule has 0 amide bonds. The van der Waals surface area contributed by atoms with Gasteiger partial charge >= 0.3 is 0 Å². The molecule has 0 saturated heterocycles. The van der Waals surface area contributed by atoms with Gasteiger partial charge in [-0.05, 0) is 27.0 Å². The van der Waals surface area contributed by atoms with Crippen molar-refractivity contribution in [3.8, 4) is 0 Å². The second kappa shape index (κ2) is 5.00. The van der Waals surface area contributed by atoms with Crippen molar-refractivity contribution in [3.63, 3.8) is 0 Å². The molecule has 0 aliphatic rings. The summed E-state index contributed by atoms with van der Waals surface area (Å²) < 4.78 is 2.12. The quantitative estimate of drug-likeness (QED) is 0.849. The SMILES string of the molecule is CCn1nc(CC(C)NC)cc1C(C)(C)C. The predicted molar refractivity (Wildman–Crippen MR) is 68.8 cm³/mol. The molecule has 0 radical (unpaired) electrons. The van der Waals surface area contributed by atoms with Crippen LogP contribution in [0.25, 0.3) is 0 Å². The van der Waals surface area contributed by atoms with E-state index in [9.17, 15) is 0 Å². The molecule has 0 saturated carbocycles. The van der Waals surface area contributed by atoms with Gasteiger partial charge in [0.1, 0.15) is 0 Å². The van der Waals surface area contributed by atoms with Gasteiger partial charge in [-0.3, -0.25) is 4.68 Å². The molecular formula is C13H25N3. The molecule has 1 aromatic rings. The van der Waals surface area contributed by atoms with Crippen LogP contribution in [0.15, 0.2) is 6.07 Å². The molecule has 1 unspecified atom stereocenters. The van der Waals surface area contributed by atoms with Crippen LogP contribution in [0.5, 0.6) is 0 Å². The van der Waals surface area contributed by atoms with Crippen molar-refractivity contribution in [3.05, 3.63) is 17.5 Å². The zero-order chi connectivity index (χ0) is 12.3. The molecule has 1 atom stereocenters. The van der Waals surface area contributed by atoms with Crippen LogP contribution < -0.4 is 5.32 Å². The van der Waals surface area contributed by atoms with Gasteiger partial charge < -0.3 is 5.32 Å².